The third-order valence-corrected chi connectivity index (χ3v) is 11.9. The largest absolute Gasteiger partial charge is 0.462 e. The number of rotatable bonds is 47. The van der Waals surface area contributed by atoms with Crippen molar-refractivity contribution in [3.8, 4) is 0 Å². The van der Waals surface area contributed by atoms with Gasteiger partial charge in [-0.2, -0.15) is 0 Å². The highest BCUT2D eigenvalue weighted by molar-refractivity contribution is 5.77. The molecule has 0 fully saturated rings. The second-order valence-corrected chi connectivity index (χ2v) is 18.0. The normalized spacial score (nSPS) is 13.6. The van der Waals surface area contributed by atoms with Gasteiger partial charge in [-0.1, -0.05) is 223 Å². The quantitative estimate of drug-likeness (QED) is 0.0245. The van der Waals surface area contributed by atoms with Crippen LogP contribution in [-0.4, -0.2) is 46.9 Å². The van der Waals surface area contributed by atoms with Crippen molar-refractivity contribution < 1.29 is 24.5 Å². The molecule has 3 N–H and O–H groups in total. The molecule has 0 saturated carbocycles. The molecule has 0 spiro atoms. The maximum Gasteiger partial charge on any atom is 0.306 e. The molecule has 0 rings (SSSR count). The summed E-state index contributed by atoms with van der Waals surface area (Å²) in [6.07, 6.45) is 58.8. The summed E-state index contributed by atoms with van der Waals surface area (Å²) in [5, 5.41) is 23.7. The Morgan fingerprint density at radius 1 is 0.475 bits per heavy atom. The minimum absolute atomic E-state index is 0.0592. The molecular formula is C55H101NO5. The number of unbranched alkanes of at least 4 members (excludes halogenated alkanes) is 29. The van der Waals surface area contributed by atoms with E-state index in [1.807, 2.05) is 0 Å². The van der Waals surface area contributed by atoms with Gasteiger partial charge in [-0.25, -0.2) is 0 Å². The van der Waals surface area contributed by atoms with Crippen LogP contribution in [0.1, 0.15) is 265 Å². The minimum atomic E-state index is -0.794. The number of hydrogen-bond donors (Lipinski definition) is 3. The first-order chi connectivity index (χ1) is 30.0. The summed E-state index contributed by atoms with van der Waals surface area (Å²) in [5.41, 5.74) is 0. The lowest BCUT2D eigenvalue weighted by molar-refractivity contribution is -0.151. The van der Waals surface area contributed by atoms with Crippen LogP contribution < -0.4 is 5.32 Å². The average Bonchev–Trinajstić information content (AvgIpc) is 3.25. The van der Waals surface area contributed by atoms with E-state index in [0.29, 0.717) is 19.3 Å². The highest BCUT2D eigenvalue weighted by Crippen LogP contribution is 2.17. The summed E-state index contributed by atoms with van der Waals surface area (Å²) < 4.78 is 5.92. The molecule has 6 heteroatoms. The van der Waals surface area contributed by atoms with Crippen LogP contribution in [0.3, 0.4) is 0 Å². The van der Waals surface area contributed by atoms with Gasteiger partial charge in [-0.05, 0) is 77.0 Å². The van der Waals surface area contributed by atoms with E-state index in [0.717, 1.165) is 89.9 Å². The topological polar surface area (TPSA) is 95.9 Å². The van der Waals surface area contributed by atoms with E-state index in [4.69, 9.17) is 4.74 Å². The van der Waals surface area contributed by atoms with Gasteiger partial charge in [0.25, 0.3) is 0 Å². The van der Waals surface area contributed by atoms with Gasteiger partial charge in [0.05, 0.1) is 25.2 Å². The summed E-state index contributed by atoms with van der Waals surface area (Å²) in [4.78, 5) is 26.1. The van der Waals surface area contributed by atoms with Crippen molar-refractivity contribution in [2.75, 3.05) is 6.61 Å². The Balaban J connectivity index is 4.62. The number of hydrogen-bond acceptors (Lipinski definition) is 5. The number of esters is 1. The number of allylic oxidation sites excluding steroid dienone is 8. The van der Waals surface area contributed by atoms with E-state index in [1.54, 1.807) is 0 Å². The smallest absolute Gasteiger partial charge is 0.306 e. The number of carbonyl (C=O) groups excluding carboxylic acids is 2. The molecule has 0 aliphatic carbocycles. The molecule has 0 aromatic carbocycles. The van der Waals surface area contributed by atoms with Gasteiger partial charge in [0.2, 0.25) is 5.91 Å². The van der Waals surface area contributed by atoms with Gasteiger partial charge in [0, 0.05) is 6.42 Å². The SMILES string of the molecule is CCCCCCC/C=C/C=C/C=C/CCCCCCCC(=O)OC(CCCCC/C=C/CCCCCCCCC)CC(=O)NC(CO)C(O)CCCCCCCCCCCC. The monoisotopic (exact) mass is 856 g/mol. The van der Waals surface area contributed by atoms with Crippen molar-refractivity contribution >= 4 is 11.9 Å². The summed E-state index contributed by atoms with van der Waals surface area (Å²) in [6, 6.07) is -0.709. The molecule has 0 aliphatic rings. The molecule has 3 atom stereocenters. The molecule has 3 unspecified atom stereocenters. The molecule has 1 amide bonds. The lowest BCUT2D eigenvalue weighted by Crippen LogP contribution is -2.46. The van der Waals surface area contributed by atoms with Crippen LogP contribution in [0, 0.1) is 0 Å². The van der Waals surface area contributed by atoms with E-state index < -0.39 is 18.2 Å². The van der Waals surface area contributed by atoms with Crippen molar-refractivity contribution in [1.29, 1.82) is 0 Å². The second-order valence-electron chi connectivity index (χ2n) is 18.0. The Labute approximate surface area is 378 Å². The van der Waals surface area contributed by atoms with E-state index in [2.05, 4.69) is 74.7 Å². The molecule has 0 radical (unpaired) electrons. The van der Waals surface area contributed by atoms with Crippen LogP contribution in [-0.2, 0) is 14.3 Å². The number of aliphatic hydroxyl groups is 2. The van der Waals surface area contributed by atoms with Gasteiger partial charge in [-0.3, -0.25) is 9.59 Å². The van der Waals surface area contributed by atoms with E-state index >= 15 is 0 Å². The molecular weight excluding hydrogens is 755 g/mol. The predicted octanol–water partition coefficient (Wildman–Crippen LogP) is 15.8. The molecule has 0 heterocycles. The summed E-state index contributed by atoms with van der Waals surface area (Å²) >= 11 is 0. The fraction of sp³-hybridized carbons (Fsp3) is 0.818. The molecule has 61 heavy (non-hydrogen) atoms. The van der Waals surface area contributed by atoms with Crippen LogP contribution in [0.4, 0.5) is 0 Å². The van der Waals surface area contributed by atoms with Gasteiger partial charge in [0.1, 0.15) is 6.10 Å². The Morgan fingerprint density at radius 2 is 0.852 bits per heavy atom. The fourth-order valence-corrected chi connectivity index (χ4v) is 7.90. The molecule has 0 aliphatic heterocycles. The molecule has 0 bridgehead atoms. The molecule has 0 saturated heterocycles. The number of amides is 1. The zero-order valence-electron chi connectivity index (χ0n) is 40.5. The maximum absolute atomic E-state index is 13.2. The highest BCUT2D eigenvalue weighted by atomic mass is 16.5. The minimum Gasteiger partial charge on any atom is -0.462 e. The third kappa shape index (κ3) is 44.2. The molecule has 0 aromatic rings. The van der Waals surface area contributed by atoms with Gasteiger partial charge in [-0.15, -0.1) is 0 Å². The Bertz CT molecular complexity index is 1050. The van der Waals surface area contributed by atoms with Crippen LogP contribution in [0.2, 0.25) is 0 Å². The van der Waals surface area contributed by atoms with E-state index in [-0.39, 0.29) is 24.9 Å². The van der Waals surface area contributed by atoms with Crippen LogP contribution >= 0.6 is 0 Å². The Morgan fingerprint density at radius 3 is 1.31 bits per heavy atom. The standard InChI is InChI=1S/C55H101NO5/c1-4-7-10-13-16-19-22-24-26-27-28-29-31-33-36-39-42-45-48-55(60)61-51(46-43-40-37-34-32-30-25-23-20-17-14-11-8-5-2)49-54(59)56-52(50-57)53(58)47-44-41-38-35-21-18-15-12-9-6-3/h22,24,26-30,32,51-53,57-58H,4-21,23,25,31,33-50H2,1-3H3,(H,56,59)/b24-22+,27-26+,29-28+,32-30+. The summed E-state index contributed by atoms with van der Waals surface area (Å²) in [7, 11) is 0. The third-order valence-electron chi connectivity index (χ3n) is 11.9. The van der Waals surface area contributed by atoms with Crippen molar-refractivity contribution in [3.05, 3.63) is 48.6 Å². The van der Waals surface area contributed by atoms with Gasteiger partial charge in [0.15, 0.2) is 0 Å². The Hall–Kier alpha value is -2.18. The first kappa shape index (κ1) is 58.8. The number of carbonyl (C=O) groups is 2. The molecule has 356 valence electrons. The first-order valence-electron chi connectivity index (χ1n) is 26.4. The van der Waals surface area contributed by atoms with Crippen molar-refractivity contribution in [2.24, 2.45) is 0 Å². The van der Waals surface area contributed by atoms with Crippen LogP contribution in [0.15, 0.2) is 48.6 Å². The van der Waals surface area contributed by atoms with Crippen molar-refractivity contribution in [2.45, 2.75) is 283 Å². The molecule has 0 aromatic heterocycles. The summed E-state index contributed by atoms with van der Waals surface area (Å²) in [6.45, 7) is 6.45. The van der Waals surface area contributed by atoms with E-state index in [1.165, 1.54) is 128 Å². The lowest BCUT2D eigenvalue weighted by Gasteiger charge is -2.24. The predicted molar refractivity (Wildman–Crippen MR) is 264 cm³/mol. The maximum atomic E-state index is 13.2. The zero-order valence-corrected chi connectivity index (χ0v) is 40.5. The zero-order chi connectivity index (χ0) is 44.5. The Kier molecular flexibility index (Phi) is 47.1. The van der Waals surface area contributed by atoms with E-state index in [9.17, 15) is 19.8 Å². The van der Waals surface area contributed by atoms with Crippen molar-refractivity contribution in [1.82, 2.24) is 5.32 Å². The van der Waals surface area contributed by atoms with Crippen molar-refractivity contribution in [3.63, 3.8) is 0 Å². The second kappa shape index (κ2) is 48.8. The lowest BCUT2D eigenvalue weighted by atomic mass is 10.0. The van der Waals surface area contributed by atoms with Gasteiger partial charge >= 0.3 is 5.97 Å². The first-order valence-corrected chi connectivity index (χ1v) is 26.4. The number of aliphatic hydroxyl groups excluding tert-OH is 2. The summed E-state index contributed by atoms with van der Waals surface area (Å²) in [5.74, 6) is -0.507. The average molecular weight is 856 g/mol. The highest BCUT2D eigenvalue weighted by Gasteiger charge is 2.24. The van der Waals surface area contributed by atoms with Crippen LogP contribution in [0.5, 0.6) is 0 Å². The fourth-order valence-electron chi connectivity index (χ4n) is 7.90. The number of ether oxygens (including phenoxy) is 1. The number of nitrogens with one attached hydrogen (secondary N) is 1. The van der Waals surface area contributed by atoms with Gasteiger partial charge < -0.3 is 20.3 Å². The molecule has 6 nitrogen and oxygen atoms in total. The van der Waals surface area contributed by atoms with Crippen LogP contribution in [0.25, 0.3) is 0 Å².